The summed E-state index contributed by atoms with van der Waals surface area (Å²) in [4.78, 5) is 10.9. The summed E-state index contributed by atoms with van der Waals surface area (Å²) in [5, 5.41) is 2.97. The number of esters is 1. The van der Waals surface area contributed by atoms with E-state index >= 15 is 0 Å². The van der Waals surface area contributed by atoms with Gasteiger partial charge in [0.05, 0.1) is 13.7 Å². The first-order chi connectivity index (χ1) is 6.60. The summed E-state index contributed by atoms with van der Waals surface area (Å²) in [6, 6.07) is 0. The lowest BCUT2D eigenvalue weighted by Crippen LogP contribution is -2.19. The predicted molar refractivity (Wildman–Crippen MR) is 58.0 cm³/mol. The second-order valence-corrected chi connectivity index (χ2v) is 3.62. The Kier molecular flexibility index (Phi) is 7.14. The molecule has 14 heavy (non-hydrogen) atoms. The molecule has 0 fully saturated rings. The van der Waals surface area contributed by atoms with Crippen molar-refractivity contribution in [3.05, 3.63) is 22.8 Å². The minimum atomic E-state index is -0.412. The molecular weight excluding hydrogens is 250 g/mol. The highest BCUT2D eigenvalue weighted by Crippen LogP contribution is 2.00. The lowest BCUT2D eigenvalue weighted by Gasteiger charge is -2.08. The van der Waals surface area contributed by atoms with Crippen molar-refractivity contribution in [3.63, 3.8) is 0 Å². The standard InChI is InChI=1S/C9H14BrNO3/c1-7(10)5-11-8(6-13-2)4-9(12)14-3/h4,11H,1,5-6H2,2-3H3/b8-4+. The van der Waals surface area contributed by atoms with Crippen molar-refractivity contribution in [3.8, 4) is 0 Å². The zero-order valence-corrected chi connectivity index (χ0v) is 9.89. The van der Waals surface area contributed by atoms with Crippen molar-refractivity contribution in [2.45, 2.75) is 0 Å². The van der Waals surface area contributed by atoms with Gasteiger partial charge in [0, 0.05) is 29.9 Å². The van der Waals surface area contributed by atoms with E-state index in [1.807, 2.05) is 0 Å². The van der Waals surface area contributed by atoms with Crippen molar-refractivity contribution in [2.75, 3.05) is 27.4 Å². The molecule has 0 aromatic heterocycles. The Bertz CT molecular complexity index is 238. The fraction of sp³-hybridized carbons (Fsp3) is 0.444. The summed E-state index contributed by atoms with van der Waals surface area (Å²) in [6.45, 7) is 4.52. The van der Waals surface area contributed by atoms with Crippen LogP contribution in [0.4, 0.5) is 0 Å². The maximum absolute atomic E-state index is 10.9. The van der Waals surface area contributed by atoms with Crippen molar-refractivity contribution < 1.29 is 14.3 Å². The van der Waals surface area contributed by atoms with E-state index in [-0.39, 0.29) is 0 Å². The van der Waals surface area contributed by atoms with E-state index in [2.05, 4.69) is 32.6 Å². The van der Waals surface area contributed by atoms with Gasteiger partial charge >= 0.3 is 5.97 Å². The molecule has 1 N–H and O–H groups in total. The van der Waals surface area contributed by atoms with E-state index in [9.17, 15) is 4.79 Å². The van der Waals surface area contributed by atoms with E-state index in [1.54, 1.807) is 7.11 Å². The molecule has 0 heterocycles. The highest BCUT2D eigenvalue weighted by atomic mass is 79.9. The number of halogens is 1. The molecule has 0 saturated carbocycles. The first-order valence-corrected chi connectivity index (χ1v) is 4.74. The van der Waals surface area contributed by atoms with Gasteiger partial charge in [0.15, 0.2) is 0 Å². The summed E-state index contributed by atoms with van der Waals surface area (Å²) < 4.78 is 10.2. The topological polar surface area (TPSA) is 47.6 Å². The van der Waals surface area contributed by atoms with Crippen LogP contribution < -0.4 is 5.32 Å². The molecule has 0 rings (SSSR count). The zero-order chi connectivity index (χ0) is 11.0. The molecule has 0 atom stereocenters. The molecule has 0 bridgehead atoms. The molecule has 0 unspecified atom stereocenters. The van der Waals surface area contributed by atoms with E-state index in [1.165, 1.54) is 13.2 Å². The minimum Gasteiger partial charge on any atom is -0.466 e. The third-order valence-corrected chi connectivity index (χ3v) is 1.58. The molecule has 0 aromatic rings. The van der Waals surface area contributed by atoms with Crippen LogP contribution in [-0.4, -0.2) is 33.3 Å². The number of nitrogens with one attached hydrogen (secondary N) is 1. The van der Waals surface area contributed by atoms with Gasteiger partial charge in [0.1, 0.15) is 0 Å². The number of carbonyl (C=O) groups excluding carboxylic acids is 1. The summed E-state index contributed by atoms with van der Waals surface area (Å²) >= 11 is 3.20. The van der Waals surface area contributed by atoms with Crippen LogP contribution >= 0.6 is 15.9 Å². The summed E-state index contributed by atoms with van der Waals surface area (Å²) in [7, 11) is 2.88. The van der Waals surface area contributed by atoms with Gasteiger partial charge in [-0.3, -0.25) is 0 Å². The highest BCUT2D eigenvalue weighted by Gasteiger charge is 2.01. The zero-order valence-electron chi connectivity index (χ0n) is 8.30. The van der Waals surface area contributed by atoms with Gasteiger partial charge in [-0.25, -0.2) is 4.79 Å². The summed E-state index contributed by atoms with van der Waals surface area (Å²) in [5.74, 6) is -0.412. The van der Waals surface area contributed by atoms with Crippen LogP contribution in [0.3, 0.4) is 0 Å². The Labute approximate surface area is 92.1 Å². The Morgan fingerprint density at radius 2 is 2.21 bits per heavy atom. The Balaban J connectivity index is 4.20. The number of methoxy groups -OCH3 is 2. The van der Waals surface area contributed by atoms with Crippen molar-refractivity contribution >= 4 is 21.9 Å². The largest absolute Gasteiger partial charge is 0.466 e. The van der Waals surface area contributed by atoms with Crippen molar-refractivity contribution in [2.24, 2.45) is 0 Å². The Hall–Kier alpha value is -0.810. The average Bonchev–Trinajstić information content (AvgIpc) is 2.14. The van der Waals surface area contributed by atoms with Gasteiger partial charge in [-0.2, -0.15) is 0 Å². The molecule has 0 saturated heterocycles. The fourth-order valence-electron chi connectivity index (χ4n) is 0.710. The minimum absolute atomic E-state index is 0.329. The van der Waals surface area contributed by atoms with Crippen LogP contribution in [0.15, 0.2) is 22.8 Å². The third kappa shape index (κ3) is 6.68. The second-order valence-electron chi connectivity index (χ2n) is 2.50. The van der Waals surface area contributed by atoms with Crippen LogP contribution in [0.2, 0.25) is 0 Å². The number of ether oxygens (including phenoxy) is 2. The SMILES string of the molecule is C=C(Br)CN/C(=C/C(=O)OC)COC. The fourth-order valence-corrected chi connectivity index (χ4v) is 0.850. The van der Waals surface area contributed by atoms with Gasteiger partial charge in [0.25, 0.3) is 0 Å². The molecular formula is C9H14BrNO3. The van der Waals surface area contributed by atoms with Gasteiger partial charge in [-0.1, -0.05) is 22.5 Å². The quantitative estimate of drug-likeness (QED) is 0.578. The first kappa shape index (κ1) is 13.2. The Morgan fingerprint density at radius 3 is 2.64 bits per heavy atom. The van der Waals surface area contributed by atoms with Crippen LogP contribution in [0.25, 0.3) is 0 Å². The summed E-state index contributed by atoms with van der Waals surface area (Å²) in [6.07, 6.45) is 1.35. The van der Waals surface area contributed by atoms with Crippen LogP contribution in [0, 0.1) is 0 Å². The number of hydrogen-bond donors (Lipinski definition) is 1. The average molecular weight is 264 g/mol. The van der Waals surface area contributed by atoms with E-state index in [4.69, 9.17) is 4.74 Å². The lowest BCUT2D eigenvalue weighted by molar-refractivity contribution is -0.134. The monoisotopic (exact) mass is 263 g/mol. The number of hydrogen-bond acceptors (Lipinski definition) is 4. The molecule has 80 valence electrons. The molecule has 0 aliphatic rings. The van der Waals surface area contributed by atoms with Crippen molar-refractivity contribution in [1.82, 2.24) is 5.32 Å². The smallest absolute Gasteiger partial charge is 0.332 e. The van der Waals surface area contributed by atoms with Crippen LogP contribution in [0.5, 0.6) is 0 Å². The maximum atomic E-state index is 10.9. The van der Waals surface area contributed by atoms with E-state index in [0.717, 1.165) is 4.48 Å². The molecule has 0 aliphatic carbocycles. The molecule has 4 nitrogen and oxygen atoms in total. The number of rotatable bonds is 6. The molecule has 0 amide bonds. The van der Waals surface area contributed by atoms with E-state index < -0.39 is 5.97 Å². The highest BCUT2D eigenvalue weighted by molar-refractivity contribution is 9.11. The molecule has 5 heteroatoms. The maximum Gasteiger partial charge on any atom is 0.332 e. The van der Waals surface area contributed by atoms with Gasteiger partial charge < -0.3 is 14.8 Å². The van der Waals surface area contributed by atoms with Gasteiger partial charge in [-0.05, 0) is 0 Å². The second kappa shape index (κ2) is 7.58. The first-order valence-electron chi connectivity index (χ1n) is 3.94. The Morgan fingerprint density at radius 1 is 1.57 bits per heavy atom. The molecule has 0 aliphatic heterocycles. The molecule has 0 aromatic carbocycles. The third-order valence-electron chi connectivity index (χ3n) is 1.30. The van der Waals surface area contributed by atoms with Gasteiger partial charge in [-0.15, -0.1) is 0 Å². The lowest BCUT2D eigenvalue weighted by atomic mass is 10.4. The van der Waals surface area contributed by atoms with Crippen molar-refractivity contribution in [1.29, 1.82) is 0 Å². The normalized spacial score (nSPS) is 10.9. The predicted octanol–water partition coefficient (Wildman–Crippen LogP) is 1.19. The van der Waals surface area contributed by atoms with Crippen LogP contribution in [-0.2, 0) is 14.3 Å². The molecule has 0 radical (unpaired) electrons. The number of carbonyl (C=O) groups is 1. The van der Waals surface area contributed by atoms with Gasteiger partial charge in [0.2, 0.25) is 0 Å². The molecule has 0 spiro atoms. The summed E-state index contributed by atoms with van der Waals surface area (Å²) in [5.41, 5.74) is 0.653. The van der Waals surface area contributed by atoms with E-state index in [0.29, 0.717) is 18.8 Å². The van der Waals surface area contributed by atoms with Crippen LogP contribution in [0.1, 0.15) is 0 Å².